The first-order valence-electron chi connectivity index (χ1n) is 9.85. The van der Waals surface area contributed by atoms with Gasteiger partial charge in [-0.1, -0.05) is 0 Å². The van der Waals surface area contributed by atoms with Crippen LogP contribution in [-0.2, 0) is 7.05 Å². The van der Waals surface area contributed by atoms with Crippen LogP contribution < -0.4 is 14.5 Å². The third kappa shape index (κ3) is 3.74. The minimum atomic E-state index is -0.0405. The zero-order chi connectivity index (χ0) is 19.5. The van der Waals surface area contributed by atoms with Crippen molar-refractivity contribution in [2.75, 3.05) is 56.2 Å². The summed E-state index contributed by atoms with van der Waals surface area (Å²) in [6.45, 7) is 4.81. The summed E-state index contributed by atoms with van der Waals surface area (Å²) < 4.78 is 6.83. The van der Waals surface area contributed by atoms with Gasteiger partial charge in [-0.15, -0.1) is 5.10 Å². The number of carbonyl (C=O) groups excluding carboxylic acids is 1. The van der Waals surface area contributed by atoms with Crippen molar-refractivity contribution in [1.82, 2.24) is 24.6 Å². The fraction of sp³-hybridized carbons (Fsp3) is 0.579. The van der Waals surface area contributed by atoms with Crippen LogP contribution >= 0.6 is 0 Å². The summed E-state index contributed by atoms with van der Waals surface area (Å²) in [6, 6.07) is 1.95. The van der Waals surface area contributed by atoms with Crippen LogP contribution in [0, 0.1) is 0 Å². The lowest BCUT2D eigenvalue weighted by molar-refractivity contribution is 0.0743. The van der Waals surface area contributed by atoms with Gasteiger partial charge in [0, 0.05) is 58.7 Å². The van der Waals surface area contributed by atoms with Gasteiger partial charge in [0.2, 0.25) is 11.8 Å². The molecule has 0 saturated carbocycles. The SMILES string of the molecule is COc1nn(C)cc1C(=O)N1CCN(c2ccnc(N3CCCCC3)n2)CC1. The van der Waals surface area contributed by atoms with Gasteiger partial charge in [0.15, 0.2) is 0 Å². The Morgan fingerprint density at radius 3 is 2.50 bits per heavy atom. The zero-order valence-electron chi connectivity index (χ0n) is 16.5. The molecule has 0 aromatic carbocycles. The van der Waals surface area contributed by atoms with Gasteiger partial charge in [-0.25, -0.2) is 4.98 Å². The van der Waals surface area contributed by atoms with E-state index in [1.807, 2.05) is 17.2 Å². The second-order valence-electron chi connectivity index (χ2n) is 7.27. The minimum Gasteiger partial charge on any atom is -0.479 e. The van der Waals surface area contributed by atoms with E-state index in [4.69, 9.17) is 9.72 Å². The van der Waals surface area contributed by atoms with Crippen molar-refractivity contribution < 1.29 is 9.53 Å². The van der Waals surface area contributed by atoms with Crippen molar-refractivity contribution in [1.29, 1.82) is 0 Å². The summed E-state index contributed by atoms with van der Waals surface area (Å²) in [5.41, 5.74) is 0.507. The number of ether oxygens (including phenoxy) is 1. The molecule has 0 radical (unpaired) electrons. The molecule has 0 unspecified atom stereocenters. The van der Waals surface area contributed by atoms with E-state index in [0.717, 1.165) is 37.9 Å². The van der Waals surface area contributed by atoms with Crippen molar-refractivity contribution in [3.63, 3.8) is 0 Å². The molecule has 0 aliphatic carbocycles. The number of hydrogen-bond donors (Lipinski definition) is 0. The van der Waals surface area contributed by atoms with Crippen LogP contribution in [0.1, 0.15) is 29.6 Å². The van der Waals surface area contributed by atoms with E-state index in [-0.39, 0.29) is 5.91 Å². The summed E-state index contributed by atoms with van der Waals surface area (Å²) >= 11 is 0. The lowest BCUT2D eigenvalue weighted by Crippen LogP contribution is -2.49. The molecule has 2 saturated heterocycles. The molecule has 0 spiro atoms. The highest BCUT2D eigenvalue weighted by Gasteiger charge is 2.27. The first-order chi connectivity index (χ1) is 13.7. The Morgan fingerprint density at radius 1 is 1.04 bits per heavy atom. The summed E-state index contributed by atoms with van der Waals surface area (Å²) in [4.78, 5) is 28.4. The Kier molecular flexibility index (Phi) is 5.31. The van der Waals surface area contributed by atoms with Crippen molar-refractivity contribution in [2.45, 2.75) is 19.3 Å². The number of piperazine rings is 1. The van der Waals surface area contributed by atoms with Gasteiger partial charge in [-0.05, 0) is 25.3 Å². The Hall–Kier alpha value is -2.84. The molecular formula is C19H27N7O2. The van der Waals surface area contributed by atoms with Gasteiger partial charge in [0.1, 0.15) is 11.4 Å². The quantitative estimate of drug-likeness (QED) is 0.782. The summed E-state index contributed by atoms with van der Waals surface area (Å²) in [5.74, 6) is 2.08. The van der Waals surface area contributed by atoms with Gasteiger partial charge in [-0.3, -0.25) is 9.48 Å². The Morgan fingerprint density at radius 2 is 1.79 bits per heavy atom. The fourth-order valence-corrected chi connectivity index (χ4v) is 3.84. The largest absolute Gasteiger partial charge is 0.479 e. The van der Waals surface area contributed by atoms with Gasteiger partial charge in [0.05, 0.1) is 7.11 Å². The number of anilines is 2. The highest BCUT2D eigenvalue weighted by atomic mass is 16.5. The van der Waals surface area contributed by atoms with Crippen molar-refractivity contribution >= 4 is 17.7 Å². The lowest BCUT2D eigenvalue weighted by atomic mass is 10.1. The van der Waals surface area contributed by atoms with E-state index in [0.29, 0.717) is 24.5 Å². The number of methoxy groups -OCH3 is 1. The Bertz CT molecular complexity index is 823. The van der Waals surface area contributed by atoms with Crippen LogP contribution in [-0.4, -0.2) is 76.9 Å². The standard InChI is InChI=1S/C19H27N7O2/c1-23-14-15(17(22-23)28-2)18(27)25-12-10-24(11-13-25)16-6-7-20-19(21-16)26-8-4-3-5-9-26/h6-7,14H,3-5,8-13H2,1-2H3. The van der Waals surface area contributed by atoms with E-state index < -0.39 is 0 Å². The fourth-order valence-electron chi connectivity index (χ4n) is 3.84. The summed E-state index contributed by atoms with van der Waals surface area (Å²) in [7, 11) is 3.32. The molecule has 2 aromatic heterocycles. The summed E-state index contributed by atoms with van der Waals surface area (Å²) in [5, 5.41) is 4.18. The number of aromatic nitrogens is 4. The number of rotatable bonds is 4. The monoisotopic (exact) mass is 385 g/mol. The molecule has 1 amide bonds. The van der Waals surface area contributed by atoms with Gasteiger partial charge >= 0.3 is 0 Å². The maximum atomic E-state index is 12.8. The van der Waals surface area contributed by atoms with Gasteiger partial charge in [0.25, 0.3) is 5.91 Å². The van der Waals surface area contributed by atoms with E-state index in [2.05, 4.69) is 19.9 Å². The topological polar surface area (TPSA) is 79.6 Å². The van der Waals surface area contributed by atoms with Crippen LogP contribution in [0.15, 0.2) is 18.5 Å². The lowest BCUT2D eigenvalue weighted by Gasteiger charge is -2.35. The Labute approximate surface area is 164 Å². The molecule has 4 rings (SSSR count). The minimum absolute atomic E-state index is 0.0405. The third-order valence-electron chi connectivity index (χ3n) is 5.38. The molecule has 0 bridgehead atoms. The average Bonchev–Trinajstić information content (AvgIpc) is 3.15. The number of aryl methyl sites for hydroxylation is 1. The highest BCUT2D eigenvalue weighted by molar-refractivity contribution is 5.96. The normalized spacial score (nSPS) is 17.7. The van der Waals surface area contributed by atoms with Gasteiger partial charge < -0.3 is 19.4 Å². The van der Waals surface area contributed by atoms with Crippen LogP contribution in [0.4, 0.5) is 11.8 Å². The molecule has 9 heteroatoms. The highest BCUT2D eigenvalue weighted by Crippen LogP contribution is 2.22. The maximum absolute atomic E-state index is 12.8. The van der Waals surface area contributed by atoms with Gasteiger partial charge in [-0.2, -0.15) is 4.98 Å². The smallest absolute Gasteiger partial charge is 0.261 e. The number of nitrogens with zero attached hydrogens (tertiary/aromatic N) is 7. The molecule has 2 aromatic rings. The number of hydrogen-bond acceptors (Lipinski definition) is 7. The first kappa shape index (κ1) is 18.5. The molecule has 2 aliphatic rings. The van der Waals surface area contributed by atoms with E-state index in [1.54, 1.807) is 17.9 Å². The first-order valence-corrected chi connectivity index (χ1v) is 9.85. The molecule has 150 valence electrons. The van der Waals surface area contributed by atoms with Crippen molar-refractivity contribution in [3.05, 3.63) is 24.0 Å². The third-order valence-corrected chi connectivity index (χ3v) is 5.38. The molecule has 0 atom stereocenters. The average molecular weight is 385 g/mol. The zero-order valence-corrected chi connectivity index (χ0v) is 16.5. The van der Waals surface area contributed by atoms with Crippen LogP contribution in [0.2, 0.25) is 0 Å². The molecule has 2 fully saturated rings. The predicted octanol–water partition coefficient (Wildman–Crippen LogP) is 1.17. The molecule has 9 nitrogen and oxygen atoms in total. The van der Waals surface area contributed by atoms with E-state index >= 15 is 0 Å². The number of amides is 1. The van der Waals surface area contributed by atoms with Crippen LogP contribution in [0.3, 0.4) is 0 Å². The molecule has 4 heterocycles. The Balaban J connectivity index is 1.40. The molecule has 28 heavy (non-hydrogen) atoms. The second-order valence-corrected chi connectivity index (χ2v) is 7.27. The molecular weight excluding hydrogens is 358 g/mol. The van der Waals surface area contributed by atoms with Crippen molar-refractivity contribution in [2.24, 2.45) is 7.05 Å². The van der Waals surface area contributed by atoms with Crippen molar-refractivity contribution in [3.8, 4) is 5.88 Å². The molecule has 0 N–H and O–H groups in total. The molecule has 2 aliphatic heterocycles. The van der Waals surface area contributed by atoms with E-state index in [9.17, 15) is 4.79 Å². The predicted molar refractivity (Wildman–Crippen MR) is 106 cm³/mol. The van der Waals surface area contributed by atoms with E-state index in [1.165, 1.54) is 26.4 Å². The maximum Gasteiger partial charge on any atom is 0.261 e. The second kappa shape index (κ2) is 8.04. The number of carbonyl (C=O) groups is 1. The summed E-state index contributed by atoms with van der Waals surface area (Å²) in [6.07, 6.45) is 7.24. The number of piperidine rings is 1. The van der Waals surface area contributed by atoms with Crippen LogP contribution in [0.5, 0.6) is 5.88 Å². The van der Waals surface area contributed by atoms with Crippen LogP contribution in [0.25, 0.3) is 0 Å².